The number of benzene rings is 2. The van der Waals surface area contributed by atoms with Crippen LogP contribution in [0.4, 0.5) is 0 Å². The highest BCUT2D eigenvalue weighted by molar-refractivity contribution is 6.35. The number of ether oxygens (including phenoxy) is 1. The molecule has 29 heavy (non-hydrogen) atoms. The Balaban J connectivity index is 1.91. The van der Waals surface area contributed by atoms with Crippen molar-refractivity contribution in [3.8, 4) is 5.75 Å². The topological polar surface area (TPSA) is 58.6 Å². The highest BCUT2D eigenvalue weighted by Gasteiger charge is 2.31. The van der Waals surface area contributed by atoms with Crippen molar-refractivity contribution in [3.05, 3.63) is 62.1 Å². The van der Waals surface area contributed by atoms with E-state index in [0.29, 0.717) is 27.4 Å². The van der Waals surface area contributed by atoms with E-state index < -0.39 is 17.4 Å². The van der Waals surface area contributed by atoms with E-state index in [2.05, 4.69) is 5.43 Å². The second kappa shape index (κ2) is 8.42. The van der Waals surface area contributed by atoms with Crippen molar-refractivity contribution in [3.63, 3.8) is 0 Å². The predicted molar refractivity (Wildman–Crippen MR) is 115 cm³/mol. The van der Waals surface area contributed by atoms with Gasteiger partial charge in [-0.05, 0) is 63.9 Å². The fourth-order valence-corrected chi connectivity index (χ4v) is 3.93. The van der Waals surface area contributed by atoms with Crippen LogP contribution in [0.25, 0.3) is 0 Å². The Morgan fingerprint density at radius 2 is 1.72 bits per heavy atom. The molecule has 2 aromatic rings. The molecule has 0 saturated carbocycles. The van der Waals surface area contributed by atoms with E-state index in [0.717, 1.165) is 18.4 Å². The summed E-state index contributed by atoms with van der Waals surface area (Å²) < 4.78 is 5.59. The van der Waals surface area contributed by atoms with Crippen LogP contribution in [0.15, 0.2) is 30.3 Å². The van der Waals surface area contributed by atoms with Crippen LogP contribution in [-0.4, -0.2) is 29.0 Å². The van der Waals surface area contributed by atoms with Crippen molar-refractivity contribution in [1.82, 2.24) is 10.4 Å². The SMILES string of the molecule is CC(C)(C)N(NC(=O)c1ccc2c(c1Cl)CCCO2)C(=O)c1cc(Cl)cc(Cl)c1. The van der Waals surface area contributed by atoms with Crippen LogP contribution in [0.5, 0.6) is 5.75 Å². The summed E-state index contributed by atoms with van der Waals surface area (Å²) in [6.07, 6.45) is 1.57. The average Bonchev–Trinajstić information content (AvgIpc) is 2.64. The minimum atomic E-state index is -0.717. The number of carbonyl (C=O) groups excluding carboxylic acids is 2. The largest absolute Gasteiger partial charge is 0.493 e. The summed E-state index contributed by atoms with van der Waals surface area (Å²) in [5.74, 6) is -0.234. The number of carbonyl (C=O) groups is 2. The zero-order chi connectivity index (χ0) is 21.3. The smallest absolute Gasteiger partial charge is 0.272 e. The number of hydrazine groups is 1. The van der Waals surface area contributed by atoms with E-state index in [1.54, 1.807) is 32.9 Å². The standard InChI is InChI=1S/C21H21Cl3N2O3/c1-21(2,3)26(20(28)12-9-13(22)11-14(23)10-12)25-19(27)16-6-7-17-15(18(16)24)5-4-8-29-17/h6-7,9-11H,4-5,8H2,1-3H3,(H,25,27). The molecule has 5 nitrogen and oxygen atoms in total. The van der Waals surface area contributed by atoms with Crippen LogP contribution < -0.4 is 10.2 Å². The van der Waals surface area contributed by atoms with Crippen LogP contribution in [0, 0.1) is 0 Å². The van der Waals surface area contributed by atoms with Crippen LogP contribution in [0.1, 0.15) is 53.5 Å². The maximum absolute atomic E-state index is 13.1. The quantitative estimate of drug-likeness (QED) is 0.603. The molecule has 8 heteroatoms. The van der Waals surface area contributed by atoms with E-state index in [1.165, 1.54) is 23.2 Å². The van der Waals surface area contributed by atoms with E-state index in [1.807, 2.05) is 0 Å². The van der Waals surface area contributed by atoms with Crippen LogP contribution in [-0.2, 0) is 6.42 Å². The summed E-state index contributed by atoms with van der Waals surface area (Å²) in [6, 6.07) is 7.88. The summed E-state index contributed by atoms with van der Waals surface area (Å²) in [6.45, 7) is 6.04. The van der Waals surface area contributed by atoms with Gasteiger partial charge in [-0.1, -0.05) is 34.8 Å². The second-order valence-electron chi connectivity index (χ2n) is 7.77. The van der Waals surface area contributed by atoms with E-state index >= 15 is 0 Å². The number of nitrogens with one attached hydrogen (secondary N) is 1. The van der Waals surface area contributed by atoms with Crippen molar-refractivity contribution in [1.29, 1.82) is 0 Å². The van der Waals surface area contributed by atoms with Gasteiger partial charge in [0, 0.05) is 21.2 Å². The van der Waals surface area contributed by atoms with Gasteiger partial charge in [0.25, 0.3) is 11.8 Å². The first-order valence-electron chi connectivity index (χ1n) is 9.14. The van der Waals surface area contributed by atoms with Gasteiger partial charge in [0.2, 0.25) is 0 Å². The fourth-order valence-electron chi connectivity index (χ4n) is 3.07. The zero-order valence-corrected chi connectivity index (χ0v) is 18.6. The average molecular weight is 456 g/mol. The number of hydrogen-bond acceptors (Lipinski definition) is 3. The van der Waals surface area contributed by atoms with Crippen LogP contribution >= 0.6 is 34.8 Å². The molecular weight excluding hydrogens is 435 g/mol. The molecule has 2 aromatic carbocycles. The minimum absolute atomic E-state index is 0.266. The Morgan fingerprint density at radius 1 is 1.07 bits per heavy atom. The number of hydrogen-bond donors (Lipinski definition) is 1. The van der Waals surface area contributed by atoms with Gasteiger partial charge in [0.05, 0.1) is 22.7 Å². The number of fused-ring (bicyclic) bond motifs is 1. The van der Waals surface area contributed by atoms with Crippen molar-refractivity contribution >= 4 is 46.6 Å². The minimum Gasteiger partial charge on any atom is -0.493 e. The molecule has 0 aromatic heterocycles. The van der Waals surface area contributed by atoms with Gasteiger partial charge < -0.3 is 4.74 Å². The third-order valence-corrected chi connectivity index (χ3v) is 5.34. The molecule has 2 amide bonds. The molecule has 0 saturated heterocycles. The maximum Gasteiger partial charge on any atom is 0.272 e. The number of amides is 2. The lowest BCUT2D eigenvalue weighted by Gasteiger charge is -2.35. The van der Waals surface area contributed by atoms with E-state index in [-0.39, 0.29) is 11.1 Å². The lowest BCUT2D eigenvalue weighted by atomic mass is 10.0. The first-order valence-corrected chi connectivity index (χ1v) is 10.3. The number of rotatable bonds is 2. The first kappa shape index (κ1) is 21.8. The zero-order valence-electron chi connectivity index (χ0n) is 16.3. The summed E-state index contributed by atoms with van der Waals surface area (Å²) in [5.41, 5.74) is 3.33. The highest BCUT2D eigenvalue weighted by Crippen LogP contribution is 2.34. The number of nitrogens with zero attached hydrogens (tertiary/aromatic N) is 1. The summed E-state index contributed by atoms with van der Waals surface area (Å²) >= 11 is 18.5. The summed E-state index contributed by atoms with van der Waals surface area (Å²) in [5, 5.41) is 2.26. The molecule has 0 aliphatic carbocycles. The molecule has 154 valence electrons. The number of halogens is 3. The normalized spacial score (nSPS) is 13.3. The molecule has 0 fully saturated rings. The van der Waals surface area contributed by atoms with Crippen molar-refractivity contribution < 1.29 is 14.3 Å². The first-order chi connectivity index (χ1) is 13.6. The Morgan fingerprint density at radius 3 is 2.34 bits per heavy atom. The lowest BCUT2D eigenvalue weighted by molar-refractivity contribution is 0.0358. The Kier molecular flexibility index (Phi) is 6.32. The van der Waals surface area contributed by atoms with E-state index in [9.17, 15) is 9.59 Å². The summed E-state index contributed by atoms with van der Waals surface area (Å²) in [7, 11) is 0. The molecule has 0 spiro atoms. The van der Waals surface area contributed by atoms with Crippen molar-refractivity contribution in [2.75, 3.05) is 6.61 Å². The molecule has 1 aliphatic rings. The molecule has 0 bridgehead atoms. The molecule has 0 unspecified atom stereocenters. The molecular formula is C21H21Cl3N2O3. The summed E-state index contributed by atoms with van der Waals surface area (Å²) in [4.78, 5) is 26.1. The van der Waals surface area contributed by atoms with Crippen LogP contribution in [0.3, 0.4) is 0 Å². The van der Waals surface area contributed by atoms with Gasteiger partial charge in [-0.3, -0.25) is 15.0 Å². The molecule has 3 rings (SSSR count). The van der Waals surface area contributed by atoms with Gasteiger partial charge in [-0.2, -0.15) is 0 Å². The monoisotopic (exact) mass is 454 g/mol. The lowest BCUT2D eigenvalue weighted by Crippen LogP contribution is -2.56. The molecule has 1 heterocycles. The van der Waals surface area contributed by atoms with Gasteiger partial charge in [-0.15, -0.1) is 0 Å². The van der Waals surface area contributed by atoms with Crippen LogP contribution in [0.2, 0.25) is 15.1 Å². The highest BCUT2D eigenvalue weighted by atomic mass is 35.5. The van der Waals surface area contributed by atoms with Gasteiger partial charge in [0.15, 0.2) is 0 Å². The third-order valence-electron chi connectivity index (χ3n) is 4.47. The molecule has 1 aliphatic heterocycles. The van der Waals surface area contributed by atoms with E-state index in [4.69, 9.17) is 39.5 Å². The predicted octanol–water partition coefficient (Wildman–Crippen LogP) is 5.56. The maximum atomic E-state index is 13.1. The fraction of sp³-hybridized carbons (Fsp3) is 0.333. The molecule has 0 radical (unpaired) electrons. The van der Waals surface area contributed by atoms with Crippen molar-refractivity contribution in [2.45, 2.75) is 39.2 Å². The third kappa shape index (κ3) is 4.80. The van der Waals surface area contributed by atoms with Gasteiger partial charge >= 0.3 is 0 Å². The molecule has 1 N–H and O–H groups in total. The second-order valence-corrected chi connectivity index (χ2v) is 9.02. The Bertz CT molecular complexity index is 950. The van der Waals surface area contributed by atoms with Crippen molar-refractivity contribution in [2.24, 2.45) is 0 Å². The molecule has 0 atom stereocenters. The van der Waals surface area contributed by atoms with Gasteiger partial charge in [-0.25, -0.2) is 5.01 Å². The Hall–Kier alpha value is -1.95. The van der Waals surface area contributed by atoms with Gasteiger partial charge in [0.1, 0.15) is 5.75 Å². The Labute approximate surface area is 184 Å².